The normalized spacial score (nSPS) is 15.0. The van der Waals surface area contributed by atoms with Crippen molar-refractivity contribution in [1.29, 1.82) is 0 Å². The number of fused-ring (bicyclic) bond motifs is 1. The zero-order valence-corrected chi connectivity index (χ0v) is 20.9. The summed E-state index contributed by atoms with van der Waals surface area (Å²) < 4.78 is 47.8. The lowest BCUT2D eigenvalue weighted by atomic mass is 9.99. The van der Waals surface area contributed by atoms with E-state index in [1.807, 2.05) is 0 Å². The third-order valence-electron chi connectivity index (χ3n) is 6.82. The number of anilines is 2. The Balaban J connectivity index is 1.89. The van der Waals surface area contributed by atoms with E-state index in [-0.39, 0.29) is 28.0 Å². The lowest BCUT2D eigenvalue weighted by molar-refractivity contribution is 0.0827. The molecule has 0 aliphatic carbocycles. The summed E-state index contributed by atoms with van der Waals surface area (Å²) in [6, 6.07) is 5.84. The molecule has 1 unspecified atom stereocenters. The Morgan fingerprint density at radius 2 is 1.56 bits per heavy atom. The van der Waals surface area contributed by atoms with E-state index in [9.17, 15) is 22.8 Å². The molecule has 3 aromatic rings. The number of halogens is 3. The molecule has 1 aromatic heterocycles. The second-order valence-corrected chi connectivity index (χ2v) is 9.50. The fraction of sp³-hybridized carbons (Fsp3) is 0.407. The number of benzene rings is 2. The number of nitrogens with zero attached hydrogens (tertiary/aromatic N) is 3. The monoisotopic (exact) mass is 501 g/mol. The van der Waals surface area contributed by atoms with Gasteiger partial charge < -0.3 is 19.1 Å². The molecule has 1 aliphatic heterocycles. The van der Waals surface area contributed by atoms with E-state index < -0.39 is 23.5 Å². The number of hydrogen-bond donors (Lipinski definition) is 0. The van der Waals surface area contributed by atoms with Gasteiger partial charge in [-0.25, -0.2) is 13.2 Å². The van der Waals surface area contributed by atoms with Gasteiger partial charge in [-0.2, -0.15) is 0 Å². The molecule has 4 rings (SSSR count). The van der Waals surface area contributed by atoms with Gasteiger partial charge in [0.15, 0.2) is 28.8 Å². The molecule has 2 heterocycles. The number of carbonyl (C=O) groups is 1. The van der Waals surface area contributed by atoms with Crippen LogP contribution in [0.5, 0.6) is 0 Å². The smallest absolute Gasteiger partial charge is 0.253 e. The van der Waals surface area contributed by atoms with E-state index in [1.54, 1.807) is 39.0 Å². The van der Waals surface area contributed by atoms with Gasteiger partial charge in [-0.1, -0.05) is 12.8 Å². The predicted octanol–water partition coefficient (Wildman–Crippen LogP) is 5.49. The van der Waals surface area contributed by atoms with E-state index in [0.29, 0.717) is 17.0 Å². The van der Waals surface area contributed by atoms with Crippen molar-refractivity contribution in [2.24, 2.45) is 0 Å². The third-order valence-corrected chi connectivity index (χ3v) is 6.82. The van der Waals surface area contributed by atoms with Crippen molar-refractivity contribution in [3.8, 4) is 0 Å². The first-order chi connectivity index (χ1) is 17.1. The molecular weight excluding hydrogens is 471 g/mol. The highest BCUT2D eigenvalue weighted by Crippen LogP contribution is 2.34. The van der Waals surface area contributed by atoms with Crippen LogP contribution in [0.15, 0.2) is 39.5 Å². The molecular formula is C27H30F3N3O3. The summed E-state index contributed by atoms with van der Waals surface area (Å²) in [5.41, 5.74) is 0.911. The van der Waals surface area contributed by atoms with Gasteiger partial charge in [0, 0.05) is 69.2 Å². The average Bonchev–Trinajstić information content (AvgIpc) is 3.14. The van der Waals surface area contributed by atoms with Crippen LogP contribution >= 0.6 is 0 Å². The van der Waals surface area contributed by atoms with Crippen molar-refractivity contribution in [2.45, 2.75) is 38.6 Å². The Bertz CT molecular complexity index is 1320. The zero-order valence-electron chi connectivity index (χ0n) is 20.9. The first-order valence-corrected chi connectivity index (χ1v) is 12.0. The molecule has 2 aromatic carbocycles. The minimum absolute atomic E-state index is 0.0995. The highest BCUT2D eigenvalue weighted by molar-refractivity contribution is 5.98. The number of rotatable bonds is 5. The van der Waals surface area contributed by atoms with Crippen LogP contribution in [0.2, 0.25) is 0 Å². The summed E-state index contributed by atoms with van der Waals surface area (Å²) in [6.45, 7) is 3.30. The van der Waals surface area contributed by atoms with Gasteiger partial charge in [-0.3, -0.25) is 9.59 Å². The number of hydrogen-bond acceptors (Lipinski definition) is 5. The van der Waals surface area contributed by atoms with E-state index in [2.05, 4.69) is 4.90 Å². The van der Waals surface area contributed by atoms with Crippen LogP contribution < -0.4 is 15.2 Å². The van der Waals surface area contributed by atoms with Gasteiger partial charge in [-0.15, -0.1) is 0 Å². The van der Waals surface area contributed by atoms with Crippen molar-refractivity contribution in [3.63, 3.8) is 0 Å². The van der Waals surface area contributed by atoms with E-state index in [0.717, 1.165) is 50.9 Å². The Kier molecular flexibility index (Phi) is 7.28. The molecule has 0 saturated carbocycles. The SMILES string of the molecule is CC(c1cc(C(=O)N(C)C)cc2c(=O)cc(N3CCCCCC3)oc12)N(C)c1cc(F)c(F)c(F)c1. The summed E-state index contributed by atoms with van der Waals surface area (Å²) >= 11 is 0. The molecule has 6 nitrogen and oxygen atoms in total. The standard InChI is InChI=1S/C27H30F3N3O3/c1-16(32(4)18-13-21(28)25(30)22(29)14-18)19-11-17(27(35)31(2)3)12-20-23(34)15-24(36-26(19)20)33-9-7-5-6-8-10-33/h11-16H,5-10H2,1-4H3. The quantitative estimate of drug-likeness (QED) is 0.433. The van der Waals surface area contributed by atoms with Crippen molar-refractivity contribution >= 4 is 28.4 Å². The number of amides is 1. The summed E-state index contributed by atoms with van der Waals surface area (Å²) in [4.78, 5) is 31.1. The van der Waals surface area contributed by atoms with Gasteiger partial charge in [0.25, 0.3) is 5.91 Å². The largest absolute Gasteiger partial charge is 0.440 e. The van der Waals surface area contributed by atoms with Crippen LogP contribution in [0.3, 0.4) is 0 Å². The lowest BCUT2D eigenvalue weighted by Gasteiger charge is -2.29. The first kappa shape index (κ1) is 25.6. The van der Waals surface area contributed by atoms with E-state index in [4.69, 9.17) is 4.42 Å². The van der Waals surface area contributed by atoms with Crippen molar-refractivity contribution < 1.29 is 22.4 Å². The lowest BCUT2D eigenvalue weighted by Crippen LogP contribution is -2.27. The van der Waals surface area contributed by atoms with Gasteiger partial charge in [-0.05, 0) is 31.9 Å². The van der Waals surface area contributed by atoms with Crippen LogP contribution in [-0.4, -0.2) is 45.0 Å². The molecule has 1 saturated heterocycles. The van der Waals surface area contributed by atoms with Gasteiger partial charge in [0.1, 0.15) is 5.58 Å². The Morgan fingerprint density at radius 3 is 2.14 bits per heavy atom. The summed E-state index contributed by atoms with van der Waals surface area (Å²) in [6.07, 6.45) is 4.21. The predicted molar refractivity (Wildman–Crippen MR) is 134 cm³/mol. The number of carbonyl (C=O) groups excluding carboxylic acids is 1. The maximum Gasteiger partial charge on any atom is 0.253 e. The maximum absolute atomic E-state index is 14.0. The minimum atomic E-state index is -1.54. The van der Waals surface area contributed by atoms with Gasteiger partial charge in [0.05, 0.1) is 11.4 Å². The Hall–Kier alpha value is -3.49. The maximum atomic E-state index is 14.0. The Morgan fingerprint density at radius 1 is 0.944 bits per heavy atom. The molecule has 1 atom stereocenters. The zero-order chi connectivity index (χ0) is 26.1. The molecule has 0 N–H and O–H groups in total. The molecule has 1 aliphatic rings. The molecule has 0 radical (unpaired) electrons. The Labute approximate surface area is 207 Å². The molecule has 0 bridgehead atoms. The van der Waals surface area contributed by atoms with E-state index in [1.165, 1.54) is 17.0 Å². The van der Waals surface area contributed by atoms with Crippen LogP contribution in [0.25, 0.3) is 11.0 Å². The summed E-state index contributed by atoms with van der Waals surface area (Å²) in [5, 5.41) is 0.244. The highest BCUT2D eigenvalue weighted by atomic mass is 19.2. The van der Waals surface area contributed by atoms with Crippen molar-refractivity contribution in [1.82, 2.24) is 4.90 Å². The summed E-state index contributed by atoms with van der Waals surface area (Å²) in [7, 11) is 4.81. The topological polar surface area (TPSA) is 57.0 Å². The summed E-state index contributed by atoms with van der Waals surface area (Å²) in [5.74, 6) is -4.00. The van der Waals surface area contributed by atoms with Crippen LogP contribution in [-0.2, 0) is 0 Å². The average molecular weight is 502 g/mol. The highest BCUT2D eigenvalue weighted by Gasteiger charge is 2.24. The fourth-order valence-electron chi connectivity index (χ4n) is 4.59. The molecule has 1 amide bonds. The first-order valence-electron chi connectivity index (χ1n) is 12.0. The molecule has 36 heavy (non-hydrogen) atoms. The van der Waals surface area contributed by atoms with Crippen LogP contribution in [0, 0.1) is 17.5 Å². The second-order valence-electron chi connectivity index (χ2n) is 9.50. The fourth-order valence-corrected chi connectivity index (χ4v) is 4.59. The third kappa shape index (κ3) is 4.92. The second kappa shape index (κ2) is 10.2. The molecule has 192 valence electrons. The molecule has 0 spiro atoms. The molecule has 1 fully saturated rings. The van der Waals surface area contributed by atoms with Crippen LogP contribution in [0.1, 0.15) is 54.6 Å². The van der Waals surface area contributed by atoms with E-state index >= 15 is 0 Å². The van der Waals surface area contributed by atoms with Gasteiger partial charge in [0.2, 0.25) is 0 Å². The van der Waals surface area contributed by atoms with Crippen LogP contribution in [0.4, 0.5) is 24.7 Å². The van der Waals surface area contributed by atoms with Gasteiger partial charge >= 0.3 is 0 Å². The molecule has 9 heteroatoms. The minimum Gasteiger partial charge on any atom is -0.440 e. The van der Waals surface area contributed by atoms with Crippen molar-refractivity contribution in [3.05, 3.63) is 69.1 Å². The van der Waals surface area contributed by atoms with Crippen molar-refractivity contribution in [2.75, 3.05) is 44.0 Å².